The highest BCUT2D eigenvalue weighted by Gasteiger charge is 2.46. The summed E-state index contributed by atoms with van der Waals surface area (Å²) in [6.07, 6.45) is 0. The number of nitrogens with zero attached hydrogens (tertiary/aromatic N) is 2. The normalized spacial score (nSPS) is 12.7. The van der Waals surface area contributed by atoms with Gasteiger partial charge in [-0.25, -0.2) is 0 Å². The van der Waals surface area contributed by atoms with Gasteiger partial charge in [-0.1, -0.05) is 188 Å². The number of benzene rings is 10. The maximum atomic E-state index is 2.48. The molecule has 2 heteroatoms. The molecule has 0 atom stereocenters. The Morgan fingerprint density at radius 3 is 1.74 bits per heavy atom. The maximum Gasteiger partial charge on any atom is 0.0714 e. The molecule has 0 bridgehead atoms. The predicted octanol–water partition coefficient (Wildman–Crippen LogP) is 15.4. The zero-order valence-corrected chi connectivity index (χ0v) is 33.5. The molecule has 0 saturated carbocycles. The second-order valence-corrected chi connectivity index (χ2v) is 16.1. The SMILES string of the molecule is c1ccc(N(c2cccc(-c3ccc4c5ccccc5n(-c5ccc6c(c5)C(c5ccccc5)(c5ccccc5)c5ccccc5-6)c4c3)c2)c2cccc3ccccc23)cc1. The second-order valence-electron chi connectivity index (χ2n) is 16.1. The van der Waals surface area contributed by atoms with Gasteiger partial charge in [0.25, 0.3) is 0 Å². The lowest BCUT2D eigenvalue weighted by Gasteiger charge is -2.34. The number of anilines is 3. The number of para-hydroxylation sites is 2. The standard InChI is InChI=1S/C59H40N2/c1-4-21-44(22-5-1)59(45-23-6-2-7-24-45)54-31-14-12-29-50(54)51-37-35-48(40-55(51)59)61-57-32-15-13-30-52(57)53-36-34-43(39-58(53)61)42-20-16-27-47(38-42)60(46-25-8-3-9-26-46)56-33-17-19-41-18-10-11-28-49(41)56/h1-40H. The topological polar surface area (TPSA) is 8.17 Å². The van der Waals surface area contributed by atoms with Crippen LogP contribution in [0.25, 0.3) is 60.5 Å². The first-order valence-electron chi connectivity index (χ1n) is 21.1. The van der Waals surface area contributed by atoms with Gasteiger partial charge in [-0.2, -0.15) is 0 Å². The molecule has 1 aliphatic rings. The molecule has 0 saturated heterocycles. The molecule has 12 rings (SSSR count). The number of hydrogen-bond acceptors (Lipinski definition) is 1. The minimum atomic E-state index is -0.483. The quantitative estimate of drug-likeness (QED) is 0.156. The number of hydrogen-bond donors (Lipinski definition) is 0. The van der Waals surface area contributed by atoms with Crippen LogP contribution in [0.1, 0.15) is 22.3 Å². The van der Waals surface area contributed by atoms with Crippen molar-refractivity contribution in [2.75, 3.05) is 4.90 Å². The van der Waals surface area contributed by atoms with E-state index >= 15 is 0 Å². The average Bonchev–Trinajstić information content (AvgIpc) is 3.83. The molecule has 0 spiro atoms. The Morgan fingerprint density at radius 2 is 0.934 bits per heavy atom. The van der Waals surface area contributed by atoms with Crippen LogP contribution in [0, 0.1) is 0 Å². The number of fused-ring (bicyclic) bond motifs is 7. The molecule has 2 nitrogen and oxygen atoms in total. The van der Waals surface area contributed by atoms with E-state index in [1.54, 1.807) is 0 Å². The third kappa shape index (κ3) is 5.43. The Bertz CT molecular complexity index is 3370. The molecule has 10 aromatic carbocycles. The highest BCUT2D eigenvalue weighted by molar-refractivity contribution is 6.10. The molecule has 0 aliphatic heterocycles. The van der Waals surface area contributed by atoms with Crippen molar-refractivity contribution in [3.63, 3.8) is 0 Å². The molecule has 61 heavy (non-hydrogen) atoms. The van der Waals surface area contributed by atoms with Crippen molar-refractivity contribution in [3.8, 4) is 27.9 Å². The van der Waals surface area contributed by atoms with Gasteiger partial charge in [0.2, 0.25) is 0 Å². The van der Waals surface area contributed by atoms with Gasteiger partial charge in [0.15, 0.2) is 0 Å². The Kier molecular flexibility index (Phi) is 8.11. The van der Waals surface area contributed by atoms with Gasteiger partial charge < -0.3 is 9.47 Å². The minimum Gasteiger partial charge on any atom is -0.310 e. The Hall–Kier alpha value is -7.94. The first-order chi connectivity index (χ1) is 30.3. The van der Waals surface area contributed by atoms with Gasteiger partial charge in [-0.3, -0.25) is 0 Å². The predicted molar refractivity (Wildman–Crippen MR) is 256 cm³/mol. The monoisotopic (exact) mass is 776 g/mol. The van der Waals surface area contributed by atoms with Crippen molar-refractivity contribution in [1.29, 1.82) is 0 Å². The average molecular weight is 777 g/mol. The van der Waals surface area contributed by atoms with Crippen LogP contribution >= 0.6 is 0 Å². The van der Waals surface area contributed by atoms with Crippen LogP contribution in [0.2, 0.25) is 0 Å². The summed E-state index contributed by atoms with van der Waals surface area (Å²) in [7, 11) is 0. The molecular formula is C59H40N2. The van der Waals surface area contributed by atoms with Crippen LogP contribution in [0.5, 0.6) is 0 Å². The Labute approximate surface area is 355 Å². The van der Waals surface area contributed by atoms with E-state index < -0.39 is 5.41 Å². The number of aromatic nitrogens is 1. The first kappa shape index (κ1) is 35.0. The fourth-order valence-electron chi connectivity index (χ4n) is 10.2. The minimum absolute atomic E-state index is 0.483. The van der Waals surface area contributed by atoms with Crippen molar-refractivity contribution >= 4 is 49.6 Å². The van der Waals surface area contributed by atoms with Gasteiger partial charge >= 0.3 is 0 Å². The molecule has 0 fully saturated rings. The summed E-state index contributed by atoms with van der Waals surface area (Å²) >= 11 is 0. The number of rotatable bonds is 7. The van der Waals surface area contributed by atoms with Crippen LogP contribution in [0.3, 0.4) is 0 Å². The largest absolute Gasteiger partial charge is 0.310 e. The van der Waals surface area contributed by atoms with E-state index in [1.165, 1.54) is 71.5 Å². The summed E-state index contributed by atoms with van der Waals surface area (Å²) in [5.41, 5.74) is 16.4. The van der Waals surface area contributed by atoms with Gasteiger partial charge in [-0.05, 0) is 104 Å². The summed E-state index contributed by atoms with van der Waals surface area (Å²) < 4.78 is 2.48. The molecule has 1 heterocycles. The molecular weight excluding hydrogens is 737 g/mol. The second kappa shape index (κ2) is 14.1. The zero-order valence-electron chi connectivity index (χ0n) is 33.5. The molecule has 286 valence electrons. The van der Waals surface area contributed by atoms with Crippen LogP contribution in [0.4, 0.5) is 17.1 Å². The van der Waals surface area contributed by atoms with E-state index in [9.17, 15) is 0 Å². The van der Waals surface area contributed by atoms with Crippen molar-refractivity contribution in [1.82, 2.24) is 4.57 Å². The summed E-state index contributed by atoms with van der Waals surface area (Å²) in [6, 6.07) is 89.0. The molecule has 1 aromatic heterocycles. The molecule has 0 N–H and O–H groups in total. The van der Waals surface area contributed by atoms with Crippen LogP contribution in [-0.4, -0.2) is 4.57 Å². The highest BCUT2D eigenvalue weighted by Crippen LogP contribution is 2.56. The van der Waals surface area contributed by atoms with Gasteiger partial charge in [0.05, 0.1) is 22.1 Å². The lowest BCUT2D eigenvalue weighted by atomic mass is 9.67. The van der Waals surface area contributed by atoms with Gasteiger partial charge in [0, 0.05) is 33.2 Å². The maximum absolute atomic E-state index is 2.48. The third-order valence-electron chi connectivity index (χ3n) is 12.8. The van der Waals surface area contributed by atoms with E-state index in [-0.39, 0.29) is 0 Å². The van der Waals surface area contributed by atoms with Crippen molar-refractivity contribution in [2.45, 2.75) is 5.41 Å². The lowest BCUT2D eigenvalue weighted by Crippen LogP contribution is -2.28. The molecule has 0 unspecified atom stereocenters. The van der Waals surface area contributed by atoms with E-state index in [4.69, 9.17) is 0 Å². The molecule has 1 aliphatic carbocycles. The molecule has 0 amide bonds. The first-order valence-corrected chi connectivity index (χ1v) is 21.1. The fraction of sp³-hybridized carbons (Fsp3) is 0.0169. The van der Waals surface area contributed by atoms with Crippen LogP contribution < -0.4 is 4.90 Å². The smallest absolute Gasteiger partial charge is 0.0714 e. The fourth-order valence-corrected chi connectivity index (χ4v) is 10.2. The summed E-state index contributed by atoms with van der Waals surface area (Å²) in [4.78, 5) is 2.38. The van der Waals surface area contributed by atoms with Crippen LogP contribution in [-0.2, 0) is 5.41 Å². The van der Waals surface area contributed by atoms with Gasteiger partial charge in [0.1, 0.15) is 0 Å². The van der Waals surface area contributed by atoms with E-state index in [2.05, 4.69) is 252 Å². The van der Waals surface area contributed by atoms with Crippen molar-refractivity contribution in [2.24, 2.45) is 0 Å². The summed E-state index contributed by atoms with van der Waals surface area (Å²) in [5, 5.41) is 4.91. The Balaban J connectivity index is 1.06. The van der Waals surface area contributed by atoms with Gasteiger partial charge in [-0.15, -0.1) is 0 Å². The van der Waals surface area contributed by atoms with Crippen LogP contribution in [0.15, 0.2) is 243 Å². The van der Waals surface area contributed by atoms with E-state index in [0.717, 1.165) is 28.3 Å². The highest BCUT2D eigenvalue weighted by atomic mass is 15.1. The van der Waals surface area contributed by atoms with Crippen molar-refractivity contribution < 1.29 is 0 Å². The lowest BCUT2D eigenvalue weighted by molar-refractivity contribution is 0.767. The Morgan fingerprint density at radius 1 is 0.344 bits per heavy atom. The molecule has 0 radical (unpaired) electrons. The zero-order chi connectivity index (χ0) is 40.3. The third-order valence-corrected chi connectivity index (χ3v) is 12.8. The summed E-state index contributed by atoms with van der Waals surface area (Å²) in [6.45, 7) is 0. The molecule has 11 aromatic rings. The van der Waals surface area contributed by atoms with E-state index in [1.807, 2.05) is 0 Å². The summed E-state index contributed by atoms with van der Waals surface area (Å²) in [5.74, 6) is 0. The van der Waals surface area contributed by atoms with Crippen molar-refractivity contribution in [3.05, 3.63) is 265 Å². The van der Waals surface area contributed by atoms with E-state index in [0.29, 0.717) is 0 Å².